The number of hydrogen-bond donors (Lipinski definition) is 3. The predicted molar refractivity (Wildman–Crippen MR) is 158 cm³/mol. The summed E-state index contributed by atoms with van der Waals surface area (Å²) in [5, 5.41) is 7.37. The van der Waals surface area contributed by atoms with Crippen molar-refractivity contribution < 1.29 is 14.3 Å². The summed E-state index contributed by atoms with van der Waals surface area (Å²) in [5.74, 6) is 0.0224. The van der Waals surface area contributed by atoms with Gasteiger partial charge < -0.3 is 21.1 Å². The highest BCUT2D eigenvalue weighted by Crippen LogP contribution is 2.33. The number of nitrogen functional groups attached to an aromatic ring is 1. The van der Waals surface area contributed by atoms with Gasteiger partial charge in [-0.05, 0) is 67.4 Å². The van der Waals surface area contributed by atoms with E-state index >= 15 is 0 Å². The van der Waals surface area contributed by atoms with Crippen LogP contribution in [0.1, 0.15) is 22.4 Å². The minimum atomic E-state index is -0.375. The van der Waals surface area contributed by atoms with Gasteiger partial charge in [-0.25, -0.2) is 4.98 Å². The molecular weight excluding hydrogens is 535 g/mol. The molecule has 4 N–H and O–H groups in total. The fraction of sp³-hybridized carbons (Fsp3) is 0.167. The Morgan fingerprint density at radius 1 is 1.03 bits per heavy atom. The monoisotopic (exact) mass is 562 g/mol. The molecule has 0 saturated heterocycles. The van der Waals surface area contributed by atoms with Crippen molar-refractivity contribution in [1.29, 1.82) is 0 Å². The minimum absolute atomic E-state index is 0.0324. The maximum atomic E-state index is 12.4. The molecule has 200 valence electrons. The highest BCUT2D eigenvalue weighted by Gasteiger charge is 2.14. The van der Waals surface area contributed by atoms with Gasteiger partial charge in [-0.15, -0.1) is 0 Å². The number of amides is 1. The Kier molecular flexibility index (Phi) is 9.07. The number of pyridine rings is 1. The van der Waals surface area contributed by atoms with Crippen LogP contribution in [0, 0.1) is 13.8 Å². The van der Waals surface area contributed by atoms with Crippen molar-refractivity contribution in [3.05, 3.63) is 99.2 Å². The van der Waals surface area contributed by atoms with E-state index in [2.05, 4.69) is 15.6 Å². The molecule has 1 heterocycles. The number of nitrogens with two attached hydrogens (primary N) is 1. The number of benzene rings is 3. The van der Waals surface area contributed by atoms with Crippen LogP contribution < -0.4 is 21.1 Å². The van der Waals surface area contributed by atoms with Crippen LogP contribution in [0.15, 0.2) is 66.7 Å². The van der Waals surface area contributed by atoms with Gasteiger partial charge in [-0.3, -0.25) is 9.59 Å². The van der Waals surface area contributed by atoms with E-state index < -0.39 is 0 Å². The summed E-state index contributed by atoms with van der Waals surface area (Å²) >= 11 is 13.0. The molecule has 4 aromatic rings. The molecular formula is C30H28Cl2N4O3. The highest BCUT2D eigenvalue weighted by molar-refractivity contribution is 6.37. The fourth-order valence-electron chi connectivity index (χ4n) is 3.83. The van der Waals surface area contributed by atoms with E-state index in [9.17, 15) is 9.59 Å². The number of ketones is 1. The van der Waals surface area contributed by atoms with E-state index in [1.807, 2.05) is 56.3 Å². The SMILES string of the molecule is Cc1ccc2cccc(OCc3c(Cl)ccc(NCC(=O)CNC(=O)C=Cc4ccc(N)c(C)c4)c3Cl)c2n1. The summed E-state index contributed by atoms with van der Waals surface area (Å²) in [6.45, 7) is 3.77. The van der Waals surface area contributed by atoms with Crippen molar-refractivity contribution in [3.63, 3.8) is 0 Å². The van der Waals surface area contributed by atoms with Gasteiger partial charge in [0.1, 0.15) is 17.9 Å². The van der Waals surface area contributed by atoms with Gasteiger partial charge in [-0.2, -0.15) is 0 Å². The van der Waals surface area contributed by atoms with Gasteiger partial charge >= 0.3 is 0 Å². The molecule has 0 fully saturated rings. The topological polar surface area (TPSA) is 106 Å². The molecule has 0 spiro atoms. The molecule has 1 amide bonds. The number of aryl methyl sites for hydroxylation is 2. The van der Waals surface area contributed by atoms with E-state index in [0.717, 1.165) is 27.7 Å². The zero-order valence-electron chi connectivity index (χ0n) is 21.6. The summed E-state index contributed by atoms with van der Waals surface area (Å²) in [5.41, 5.74) is 11.0. The first-order valence-electron chi connectivity index (χ1n) is 12.2. The van der Waals surface area contributed by atoms with Crippen LogP contribution in [0.25, 0.3) is 17.0 Å². The standard InChI is InChI=1S/C30H28Cl2N4O3/c1-18-14-20(7-11-25(18)33)8-13-28(38)35-16-22(37)15-34-26-12-10-24(31)23(29(26)32)17-39-27-5-3-4-21-9-6-19(2)36-30(21)27/h3-14,34H,15-17,33H2,1-2H3,(H,35,38). The number of halogens is 2. The van der Waals surface area contributed by atoms with E-state index in [4.69, 9.17) is 33.7 Å². The summed E-state index contributed by atoms with van der Waals surface area (Å²) in [7, 11) is 0. The molecule has 0 aliphatic rings. The Morgan fingerprint density at radius 3 is 2.64 bits per heavy atom. The number of anilines is 2. The zero-order valence-corrected chi connectivity index (χ0v) is 23.1. The van der Waals surface area contributed by atoms with Crippen molar-refractivity contribution in [2.24, 2.45) is 0 Å². The van der Waals surface area contributed by atoms with Crippen molar-refractivity contribution in [1.82, 2.24) is 10.3 Å². The Labute approximate surface area is 237 Å². The number of carbonyl (C=O) groups excluding carboxylic acids is 2. The van der Waals surface area contributed by atoms with Crippen LogP contribution >= 0.6 is 23.2 Å². The van der Waals surface area contributed by atoms with Crippen molar-refractivity contribution in [2.75, 3.05) is 24.1 Å². The molecule has 39 heavy (non-hydrogen) atoms. The third-order valence-electron chi connectivity index (χ3n) is 6.04. The Bertz CT molecular complexity index is 1570. The maximum Gasteiger partial charge on any atom is 0.244 e. The lowest BCUT2D eigenvalue weighted by molar-refractivity contribution is -0.121. The third-order valence-corrected chi connectivity index (χ3v) is 6.82. The molecule has 0 atom stereocenters. The summed E-state index contributed by atoms with van der Waals surface area (Å²) < 4.78 is 6.05. The maximum absolute atomic E-state index is 12.4. The van der Waals surface area contributed by atoms with Gasteiger partial charge in [0.15, 0.2) is 5.78 Å². The number of carbonyl (C=O) groups is 2. The van der Waals surface area contributed by atoms with Gasteiger partial charge in [0.25, 0.3) is 0 Å². The molecule has 7 nitrogen and oxygen atoms in total. The minimum Gasteiger partial charge on any atom is -0.487 e. The number of fused-ring (bicyclic) bond motifs is 1. The molecule has 9 heteroatoms. The highest BCUT2D eigenvalue weighted by atomic mass is 35.5. The van der Waals surface area contributed by atoms with E-state index in [1.165, 1.54) is 6.08 Å². The van der Waals surface area contributed by atoms with E-state index in [1.54, 1.807) is 24.3 Å². The second kappa shape index (κ2) is 12.7. The Balaban J connectivity index is 1.32. The lowest BCUT2D eigenvalue weighted by Gasteiger charge is -2.15. The smallest absolute Gasteiger partial charge is 0.244 e. The quantitative estimate of drug-likeness (QED) is 0.158. The number of para-hydroxylation sites is 1. The number of Topliss-reactive ketones (excluding diaryl/α,β-unsaturated/α-hetero) is 1. The molecule has 0 unspecified atom stereocenters. The molecule has 0 radical (unpaired) electrons. The molecule has 0 aliphatic carbocycles. The fourth-order valence-corrected chi connectivity index (χ4v) is 4.37. The molecule has 3 aromatic carbocycles. The Morgan fingerprint density at radius 2 is 1.85 bits per heavy atom. The first-order valence-corrected chi connectivity index (χ1v) is 13.0. The largest absolute Gasteiger partial charge is 0.487 e. The summed E-state index contributed by atoms with van der Waals surface area (Å²) in [4.78, 5) is 29.1. The first kappa shape index (κ1) is 28.0. The third kappa shape index (κ3) is 7.28. The van der Waals surface area contributed by atoms with Gasteiger partial charge in [0.05, 0.1) is 23.8 Å². The lowest BCUT2D eigenvalue weighted by atomic mass is 10.1. The molecule has 0 aliphatic heterocycles. The number of hydrogen-bond acceptors (Lipinski definition) is 6. The van der Waals surface area contributed by atoms with Crippen molar-refractivity contribution >= 4 is 63.2 Å². The number of rotatable bonds is 10. The van der Waals surface area contributed by atoms with Gasteiger partial charge in [-0.1, -0.05) is 47.5 Å². The zero-order chi connectivity index (χ0) is 27.9. The normalized spacial score (nSPS) is 11.1. The molecule has 4 rings (SSSR count). The second-order valence-corrected chi connectivity index (χ2v) is 9.80. The van der Waals surface area contributed by atoms with Crippen LogP contribution in [0.3, 0.4) is 0 Å². The molecule has 0 saturated carbocycles. The average molecular weight is 563 g/mol. The van der Waals surface area contributed by atoms with Crippen LogP contribution in [0.2, 0.25) is 10.0 Å². The van der Waals surface area contributed by atoms with E-state index in [0.29, 0.717) is 32.7 Å². The number of ether oxygens (including phenoxy) is 1. The Hall–Kier alpha value is -4.07. The summed E-state index contributed by atoms with van der Waals surface area (Å²) in [6.07, 6.45) is 3.04. The van der Waals surface area contributed by atoms with Crippen LogP contribution in [-0.4, -0.2) is 29.8 Å². The number of nitrogens with zero attached hydrogens (tertiary/aromatic N) is 1. The summed E-state index contributed by atoms with van der Waals surface area (Å²) in [6, 6.07) is 18.5. The second-order valence-electron chi connectivity index (χ2n) is 9.02. The molecule has 0 bridgehead atoms. The van der Waals surface area contributed by atoms with Crippen LogP contribution in [0.4, 0.5) is 11.4 Å². The average Bonchev–Trinajstić information content (AvgIpc) is 2.92. The van der Waals surface area contributed by atoms with Crippen molar-refractivity contribution in [3.8, 4) is 5.75 Å². The lowest BCUT2D eigenvalue weighted by Crippen LogP contribution is -2.31. The first-order chi connectivity index (χ1) is 18.7. The van der Waals surface area contributed by atoms with Crippen LogP contribution in [-0.2, 0) is 16.2 Å². The number of aromatic nitrogens is 1. The van der Waals surface area contributed by atoms with Gasteiger partial charge in [0, 0.05) is 33.4 Å². The van der Waals surface area contributed by atoms with Gasteiger partial charge in [0.2, 0.25) is 5.91 Å². The molecule has 1 aromatic heterocycles. The van der Waals surface area contributed by atoms with E-state index in [-0.39, 0.29) is 31.4 Å². The van der Waals surface area contributed by atoms with Crippen LogP contribution in [0.5, 0.6) is 5.75 Å². The number of nitrogens with one attached hydrogen (secondary N) is 2. The van der Waals surface area contributed by atoms with Crippen molar-refractivity contribution in [2.45, 2.75) is 20.5 Å². The predicted octanol–water partition coefficient (Wildman–Crippen LogP) is 6.13.